The Labute approximate surface area is 179 Å². The Morgan fingerprint density at radius 3 is 2.61 bits per heavy atom. The molecule has 31 heavy (non-hydrogen) atoms. The Balaban J connectivity index is 1.54. The van der Waals surface area contributed by atoms with Crippen LogP contribution in [-0.4, -0.2) is 36.9 Å². The predicted octanol–water partition coefficient (Wildman–Crippen LogP) is 3.84. The van der Waals surface area contributed by atoms with Gasteiger partial charge in [0.15, 0.2) is 11.5 Å². The number of carbonyl (C=O) groups excluding carboxylic acids is 1. The first kappa shape index (κ1) is 21.8. The number of halogens is 1. The average Bonchev–Trinajstić information content (AvgIpc) is 2.80. The minimum absolute atomic E-state index is 0.284. The SMILES string of the molecule is CCOc1cc(/C=N/NC(=O)c2cccnc2)ccc1OCCOc1ccc(F)cc1. The molecule has 7 nitrogen and oxygen atoms in total. The van der Waals surface area contributed by atoms with Crippen LogP contribution in [0.4, 0.5) is 4.39 Å². The molecular weight excluding hydrogens is 401 g/mol. The van der Waals surface area contributed by atoms with Crippen molar-refractivity contribution < 1.29 is 23.4 Å². The molecule has 2 aromatic carbocycles. The van der Waals surface area contributed by atoms with Crippen molar-refractivity contribution in [2.24, 2.45) is 5.10 Å². The fourth-order valence-corrected chi connectivity index (χ4v) is 2.56. The van der Waals surface area contributed by atoms with E-state index in [2.05, 4.69) is 15.5 Å². The zero-order chi connectivity index (χ0) is 21.9. The summed E-state index contributed by atoms with van der Waals surface area (Å²) in [4.78, 5) is 15.9. The van der Waals surface area contributed by atoms with Crippen molar-refractivity contribution >= 4 is 12.1 Å². The number of pyridine rings is 1. The van der Waals surface area contributed by atoms with Crippen molar-refractivity contribution in [2.75, 3.05) is 19.8 Å². The summed E-state index contributed by atoms with van der Waals surface area (Å²) < 4.78 is 29.8. The molecule has 3 aromatic rings. The van der Waals surface area contributed by atoms with Gasteiger partial charge in [0.1, 0.15) is 24.8 Å². The standard InChI is InChI=1S/C23H22FN3O4/c1-2-29-22-14-17(15-26-27-23(28)18-4-3-11-25-16-18)5-10-21(22)31-13-12-30-20-8-6-19(24)7-9-20/h3-11,14-16H,2,12-13H2,1H3,(H,27,28)/b26-15+. The highest BCUT2D eigenvalue weighted by Gasteiger charge is 2.07. The molecule has 0 aliphatic carbocycles. The third kappa shape index (κ3) is 6.81. The van der Waals surface area contributed by atoms with Crippen LogP contribution in [0.5, 0.6) is 17.2 Å². The number of ether oxygens (including phenoxy) is 3. The second kappa shape index (κ2) is 11.3. The van der Waals surface area contributed by atoms with Crippen LogP contribution in [0.1, 0.15) is 22.8 Å². The molecule has 160 valence electrons. The van der Waals surface area contributed by atoms with Crippen molar-refractivity contribution in [2.45, 2.75) is 6.92 Å². The molecule has 0 saturated heterocycles. The van der Waals surface area contributed by atoms with Gasteiger partial charge in [0.25, 0.3) is 5.91 Å². The summed E-state index contributed by atoms with van der Waals surface area (Å²) in [6, 6.07) is 14.4. The van der Waals surface area contributed by atoms with E-state index in [4.69, 9.17) is 14.2 Å². The largest absolute Gasteiger partial charge is 0.490 e. The molecular formula is C23H22FN3O4. The van der Waals surface area contributed by atoms with Crippen LogP contribution in [0.2, 0.25) is 0 Å². The topological polar surface area (TPSA) is 82.0 Å². The second-order valence-electron chi connectivity index (χ2n) is 6.23. The van der Waals surface area contributed by atoms with Gasteiger partial charge >= 0.3 is 0 Å². The van der Waals surface area contributed by atoms with Crippen molar-refractivity contribution in [1.82, 2.24) is 10.4 Å². The van der Waals surface area contributed by atoms with Gasteiger partial charge in [0.2, 0.25) is 0 Å². The van der Waals surface area contributed by atoms with Gasteiger partial charge in [-0.15, -0.1) is 0 Å². The summed E-state index contributed by atoms with van der Waals surface area (Å²) in [6.07, 6.45) is 4.57. The predicted molar refractivity (Wildman–Crippen MR) is 114 cm³/mol. The molecule has 1 aromatic heterocycles. The first-order chi connectivity index (χ1) is 15.2. The number of benzene rings is 2. The van der Waals surface area contributed by atoms with Crippen molar-refractivity contribution in [1.29, 1.82) is 0 Å². The summed E-state index contributed by atoms with van der Waals surface area (Å²) in [5, 5.41) is 3.97. The van der Waals surface area contributed by atoms with E-state index in [0.717, 1.165) is 5.56 Å². The van der Waals surface area contributed by atoms with E-state index < -0.39 is 0 Å². The molecule has 0 fully saturated rings. The van der Waals surface area contributed by atoms with Gasteiger partial charge in [-0.25, -0.2) is 9.82 Å². The Hall–Kier alpha value is -3.94. The number of hydrogen-bond donors (Lipinski definition) is 1. The molecule has 3 rings (SSSR count). The van der Waals surface area contributed by atoms with Gasteiger partial charge in [-0.3, -0.25) is 9.78 Å². The lowest BCUT2D eigenvalue weighted by Crippen LogP contribution is -2.17. The van der Waals surface area contributed by atoms with Gasteiger partial charge in [0.05, 0.1) is 18.4 Å². The van der Waals surface area contributed by atoms with Gasteiger partial charge < -0.3 is 14.2 Å². The zero-order valence-corrected chi connectivity index (χ0v) is 17.0. The van der Waals surface area contributed by atoms with Crippen molar-refractivity contribution in [3.05, 3.63) is 83.9 Å². The lowest BCUT2D eigenvalue weighted by atomic mass is 10.2. The van der Waals surface area contributed by atoms with Crippen LogP contribution in [-0.2, 0) is 0 Å². The number of rotatable bonds is 10. The average molecular weight is 423 g/mol. The Bertz CT molecular complexity index is 1010. The lowest BCUT2D eigenvalue weighted by molar-refractivity contribution is 0.0954. The van der Waals surface area contributed by atoms with Crippen LogP contribution in [0.25, 0.3) is 0 Å². The summed E-state index contributed by atoms with van der Waals surface area (Å²) in [6.45, 7) is 2.91. The van der Waals surface area contributed by atoms with E-state index in [0.29, 0.717) is 36.0 Å². The van der Waals surface area contributed by atoms with Gasteiger partial charge in [-0.1, -0.05) is 0 Å². The van der Waals surface area contributed by atoms with Crippen LogP contribution < -0.4 is 19.6 Å². The summed E-state index contributed by atoms with van der Waals surface area (Å²) in [5.74, 6) is 1.00. The molecule has 0 aliphatic rings. The van der Waals surface area contributed by atoms with Crippen LogP contribution in [0.15, 0.2) is 72.1 Å². The smallest absolute Gasteiger partial charge is 0.272 e. The molecule has 1 heterocycles. The molecule has 0 spiro atoms. The molecule has 0 bridgehead atoms. The number of amides is 1. The van der Waals surface area contributed by atoms with Gasteiger partial charge in [-0.2, -0.15) is 5.10 Å². The lowest BCUT2D eigenvalue weighted by Gasteiger charge is -2.13. The van der Waals surface area contributed by atoms with Crippen molar-refractivity contribution in [3.63, 3.8) is 0 Å². The fourth-order valence-electron chi connectivity index (χ4n) is 2.56. The van der Waals surface area contributed by atoms with Gasteiger partial charge in [-0.05, 0) is 67.1 Å². The molecule has 0 radical (unpaired) electrons. The van der Waals surface area contributed by atoms with Crippen LogP contribution in [0, 0.1) is 5.82 Å². The molecule has 0 unspecified atom stereocenters. The highest BCUT2D eigenvalue weighted by atomic mass is 19.1. The molecule has 1 N–H and O–H groups in total. The number of aromatic nitrogens is 1. The number of hydrazone groups is 1. The number of carbonyl (C=O) groups is 1. The summed E-state index contributed by atoms with van der Waals surface area (Å²) >= 11 is 0. The molecule has 0 aliphatic heterocycles. The van der Waals surface area contributed by atoms with E-state index in [1.807, 2.05) is 6.92 Å². The first-order valence-corrected chi connectivity index (χ1v) is 9.67. The highest BCUT2D eigenvalue weighted by molar-refractivity contribution is 5.94. The van der Waals surface area contributed by atoms with Crippen LogP contribution >= 0.6 is 0 Å². The summed E-state index contributed by atoms with van der Waals surface area (Å²) in [7, 11) is 0. The molecule has 8 heteroatoms. The van der Waals surface area contributed by atoms with E-state index in [9.17, 15) is 9.18 Å². The van der Waals surface area contributed by atoms with E-state index in [1.165, 1.54) is 24.5 Å². The van der Waals surface area contributed by atoms with Gasteiger partial charge in [0, 0.05) is 12.4 Å². The van der Waals surface area contributed by atoms with Crippen molar-refractivity contribution in [3.8, 4) is 17.2 Å². The zero-order valence-electron chi connectivity index (χ0n) is 17.0. The Morgan fingerprint density at radius 2 is 1.87 bits per heavy atom. The van der Waals surface area contributed by atoms with Crippen LogP contribution in [0.3, 0.4) is 0 Å². The second-order valence-corrected chi connectivity index (χ2v) is 6.23. The minimum Gasteiger partial charge on any atom is -0.490 e. The minimum atomic E-state index is -0.351. The number of nitrogens with zero attached hydrogens (tertiary/aromatic N) is 2. The Kier molecular flexibility index (Phi) is 7.93. The first-order valence-electron chi connectivity index (χ1n) is 9.67. The highest BCUT2D eigenvalue weighted by Crippen LogP contribution is 2.28. The quantitative estimate of drug-likeness (QED) is 0.304. The third-order valence-electron chi connectivity index (χ3n) is 3.99. The summed E-state index contributed by atoms with van der Waals surface area (Å²) in [5.41, 5.74) is 3.60. The van der Waals surface area contributed by atoms with E-state index >= 15 is 0 Å². The monoisotopic (exact) mass is 423 g/mol. The normalized spacial score (nSPS) is 10.6. The fraction of sp³-hybridized carbons (Fsp3) is 0.174. The van der Waals surface area contributed by atoms with E-state index in [1.54, 1.807) is 48.7 Å². The number of nitrogens with one attached hydrogen (secondary N) is 1. The maximum absolute atomic E-state index is 12.9. The molecule has 0 saturated carbocycles. The maximum atomic E-state index is 12.9. The third-order valence-corrected chi connectivity index (χ3v) is 3.99. The molecule has 0 atom stereocenters. The number of hydrogen-bond acceptors (Lipinski definition) is 6. The molecule has 1 amide bonds. The van der Waals surface area contributed by atoms with E-state index in [-0.39, 0.29) is 18.3 Å². The Morgan fingerprint density at radius 1 is 1.06 bits per heavy atom. The maximum Gasteiger partial charge on any atom is 0.272 e.